The highest BCUT2D eigenvalue weighted by Crippen LogP contribution is 2.37. The maximum atomic E-state index is 13.3. The van der Waals surface area contributed by atoms with Crippen molar-refractivity contribution >= 4 is 21.4 Å². The van der Waals surface area contributed by atoms with Crippen LogP contribution < -0.4 is 5.73 Å². The number of pyridine rings is 1. The summed E-state index contributed by atoms with van der Waals surface area (Å²) < 4.78 is 25.6. The third kappa shape index (κ3) is 4.24. The van der Waals surface area contributed by atoms with Crippen LogP contribution in [0.3, 0.4) is 0 Å². The van der Waals surface area contributed by atoms with E-state index in [-0.39, 0.29) is 29.5 Å². The van der Waals surface area contributed by atoms with Crippen LogP contribution in [0, 0.1) is 0 Å². The second-order valence-electron chi connectivity index (χ2n) is 8.68. The number of benzene rings is 2. The molecule has 5 rings (SSSR count). The number of nitrogens with two attached hydrogens (primary N) is 1. The molecule has 2 aromatic carbocycles. The molecule has 7 nitrogen and oxygen atoms in total. The van der Waals surface area contributed by atoms with Gasteiger partial charge in [-0.05, 0) is 17.2 Å². The predicted molar refractivity (Wildman–Crippen MR) is 127 cm³/mol. The fraction of sp³-hybridized carbons (Fsp3) is 0.280. The van der Waals surface area contributed by atoms with Gasteiger partial charge in [-0.3, -0.25) is 14.7 Å². The lowest BCUT2D eigenvalue weighted by Gasteiger charge is -2.47. The molecule has 33 heavy (non-hydrogen) atoms. The van der Waals surface area contributed by atoms with Gasteiger partial charge >= 0.3 is 0 Å². The van der Waals surface area contributed by atoms with Gasteiger partial charge < -0.3 is 10.6 Å². The molecule has 2 saturated heterocycles. The quantitative estimate of drug-likeness (QED) is 0.640. The molecule has 0 spiro atoms. The van der Waals surface area contributed by atoms with Crippen LogP contribution in [0.2, 0.25) is 0 Å². The van der Waals surface area contributed by atoms with Crippen molar-refractivity contribution in [2.24, 2.45) is 0 Å². The van der Waals surface area contributed by atoms with Crippen molar-refractivity contribution in [1.82, 2.24) is 14.8 Å². The summed E-state index contributed by atoms with van der Waals surface area (Å²) in [5, 5.41) is 0. The molecule has 0 bridgehead atoms. The van der Waals surface area contributed by atoms with Gasteiger partial charge in [0, 0.05) is 31.5 Å². The first-order valence-corrected chi connectivity index (χ1v) is 12.8. The van der Waals surface area contributed by atoms with Crippen LogP contribution in [-0.2, 0) is 9.84 Å². The largest absolute Gasteiger partial charge is 0.397 e. The lowest BCUT2D eigenvalue weighted by atomic mass is 9.92. The first-order valence-electron chi connectivity index (χ1n) is 11.0. The Labute approximate surface area is 193 Å². The second kappa shape index (κ2) is 8.61. The molecule has 0 radical (unpaired) electrons. The summed E-state index contributed by atoms with van der Waals surface area (Å²) >= 11 is 0. The zero-order valence-electron chi connectivity index (χ0n) is 18.1. The number of anilines is 1. The Morgan fingerprint density at radius 2 is 1.52 bits per heavy atom. The average molecular weight is 463 g/mol. The minimum Gasteiger partial charge on any atom is -0.397 e. The topological polar surface area (TPSA) is 96.6 Å². The number of amides is 1. The first kappa shape index (κ1) is 21.6. The highest BCUT2D eigenvalue weighted by atomic mass is 32.2. The Kier molecular flexibility index (Phi) is 5.64. The zero-order chi connectivity index (χ0) is 23.0. The number of piperazine rings is 1. The summed E-state index contributed by atoms with van der Waals surface area (Å²) in [4.78, 5) is 21.3. The summed E-state index contributed by atoms with van der Waals surface area (Å²) in [7, 11) is -3.29. The van der Waals surface area contributed by atoms with E-state index in [9.17, 15) is 13.2 Å². The SMILES string of the molecule is Nc1cncc(C(=O)N2CCN(C(c3ccccc3)c3ccccc3)C3CS(=O)(=O)CC32)c1. The molecule has 0 saturated carbocycles. The van der Waals surface area contributed by atoms with Crippen LogP contribution in [0.1, 0.15) is 27.5 Å². The van der Waals surface area contributed by atoms with Gasteiger partial charge in [-0.25, -0.2) is 8.42 Å². The Bertz CT molecular complexity index is 1210. The molecule has 0 aliphatic carbocycles. The molecule has 2 aliphatic rings. The van der Waals surface area contributed by atoms with Gasteiger partial charge in [0.25, 0.3) is 5.91 Å². The number of hydrogen-bond donors (Lipinski definition) is 1. The Morgan fingerprint density at radius 3 is 2.12 bits per heavy atom. The van der Waals surface area contributed by atoms with E-state index in [1.807, 2.05) is 36.4 Å². The van der Waals surface area contributed by atoms with E-state index < -0.39 is 15.9 Å². The Morgan fingerprint density at radius 1 is 0.909 bits per heavy atom. The molecule has 2 atom stereocenters. The molecule has 1 amide bonds. The lowest BCUT2D eigenvalue weighted by Crippen LogP contribution is -2.61. The van der Waals surface area contributed by atoms with Crippen LogP contribution in [0.25, 0.3) is 0 Å². The van der Waals surface area contributed by atoms with Crippen LogP contribution >= 0.6 is 0 Å². The molecule has 1 aromatic heterocycles. The van der Waals surface area contributed by atoms with Crippen molar-refractivity contribution in [1.29, 1.82) is 0 Å². The molecule has 170 valence electrons. The fourth-order valence-corrected chi connectivity index (χ4v) is 7.13. The van der Waals surface area contributed by atoms with E-state index >= 15 is 0 Å². The molecule has 3 aromatic rings. The van der Waals surface area contributed by atoms with E-state index in [0.29, 0.717) is 24.3 Å². The van der Waals surface area contributed by atoms with E-state index in [1.54, 1.807) is 11.0 Å². The van der Waals surface area contributed by atoms with E-state index in [1.165, 1.54) is 12.4 Å². The number of carbonyl (C=O) groups excluding carboxylic acids is 1. The van der Waals surface area contributed by atoms with Crippen LogP contribution in [-0.4, -0.2) is 65.8 Å². The fourth-order valence-electron chi connectivity index (χ4n) is 5.14. The van der Waals surface area contributed by atoms with Gasteiger partial charge in [0.1, 0.15) is 0 Å². The van der Waals surface area contributed by atoms with Gasteiger partial charge in [0.15, 0.2) is 9.84 Å². The summed E-state index contributed by atoms with van der Waals surface area (Å²) in [6.45, 7) is 0.993. The van der Waals surface area contributed by atoms with Crippen molar-refractivity contribution < 1.29 is 13.2 Å². The smallest absolute Gasteiger partial charge is 0.255 e. The number of nitrogens with zero attached hydrogens (tertiary/aromatic N) is 3. The van der Waals surface area contributed by atoms with Crippen molar-refractivity contribution in [2.75, 3.05) is 30.3 Å². The highest BCUT2D eigenvalue weighted by molar-refractivity contribution is 7.91. The highest BCUT2D eigenvalue weighted by Gasteiger charge is 2.50. The minimum atomic E-state index is -3.29. The Hall–Kier alpha value is -3.23. The number of aromatic nitrogens is 1. The first-order chi connectivity index (χ1) is 15.9. The predicted octanol–water partition coefficient (Wildman–Crippen LogP) is 2.38. The van der Waals surface area contributed by atoms with Gasteiger partial charge in [-0.2, -0.15) is 0 Å². The molecule has 2 N–H and O–H groups in total. The van der Waals surface area contributed by atoms with E-state index in [2.05, 4.69) is 34.1 Å². The van der Waals surface area contributed by atoms with Crippen molar-refractivity contribution in [3.63, 3.8) is 0 Å². The number of fused-ring (bicyclic) bond motifs is 1. The van der Waals surface area contributed by atoms with Crippen molar-refractivity contribution in [3.05, 3.63) is 95.8 Å². The molecular weight excluding hydrogens is 436 g/mol. The molecule has 2 fully saturated rings. The normalized spacial score (nSPS) is 22.3. The van der Waals surface area contributed by atoms with Crippen molar-refractivity contribution in [2.45, 2.75) is 18.1 Å². The summed E-state index contributed by atoms with van der Waals surface area (Å²) in [5.74, 6) is -0.226. The van der Waals surface area contributed by atoms with Gasteiger partial charge in [0.2, 0.25) is 0 Å². The minimum absolute atomic E-state index is 0.0345. The maximum Gasteiger partial charge on any atom is 0.255 e. The summed E-state index contributed by atoms with van der Waals surface area (Å²) in [6.07, 6.45) is 2.97. The maximum absolute atomic E-state index is 13.3. The number of sulfone groups is 1. The molecule has 3 heterocycles. The number of carbonyl (C=O) groups is 1. The molecule has 2 unspecified atom stereocenters. The second-order valence-corrected chi connectivity index (χ2v) is 10.8. The lowest BCUT2D eigenvalue weighted by molar-refractivity contribution is 0.0226. The van der Waals surface area contributed by atoms with Crippen LogP contribution in [0.5, 0.6) is 0 Å². The summed E-state index contributed by atoms with van der Waals surface area (Å²) in [5.41, 5.74) is 8.82. The average Bonchev–Trinajstić information content (AvgIpc) is 3.15. The number of hydrogen-bond acceptors (Lipinski definition) is 6. The third-order valence-corrected chi connectivity index (χ3v) is 8.25. The van der Waals surface area contributed by atoms with Gasteiger partial charge in [-0.15, -0.1) is 0 Å². The Balaban J connectivity index is 1.53. The number of nitrogen functional groups attached to an aromatic ring is 1. The third-order valence-electron chi connectivity index (χ3n) is 6.55. The monoisotopic (exact) mass is 462 g/mol. The number of rotatable bonds is 4. The molecule has 2 aliphatic heterocycles. The van der Waals surface area contributed by atoms with Crippen LogP contribution in [0.4, 0.5) is 5.69 Å². The molecule has 8 heteroatoms. The van der Waals surface area contributed by atoms with Gasteiger partial charge in [0.05, 0.1) is 34.8 Å². The van der Waals surface area contributed by atoms with E-state index in [4.69, 9.17) is 5.73 Å². The van der Waals surface area contributed by atoms with Gasteiger partial charge in [-0.1, -0.05) is 60.7 Å². The van der Waals surface area contributed by atoms with Crippen molar-refractivity contribution in [3.8, 4) is 0 Å². The summed E-state index contributed by atoms with van der Waals surface area (Å²) in [6, 6.07) is 21.0. The van der Waals surface area contributed by atoms with Crippen LogP contribution in [0.15, 0.2) is 79.1 Å². The zero-order valence-corrected chi connectivity index (χ0v) is 18.9. The standard InChI is InChI=1S/C25H26N4O3S/c26-21-13-20(14-27-15-21)25(30)29-12-11-28(22-16-33(31,32)17-23(22)29)24(18-7-3-1-4-8-18)19-9-5-2-6-10-19/h1-10,13-15,22-24H,11-12,16-17,26H2. The van der Waals surface area contributed by atoms with E-state index in [0.717, 1.165) is 11.1 Å². The molecular formula is C25H26N4O3S.